The van der Waals surface area contributed by atoms with Gasteiger partial charge in [-0.15, -0.1) is 0 Å². The molecule has 1 aromatic rings. The van der Waals surface area contributed by atoms with Crippen molar-refractivity contribution in [3.8, 4) is 11.5 Å². The van der Waals surface area contributed by atoms with Crippen LogP contribution in [0.25, 0.3) is 0 Å². The zero-order valence-electron chi connectivity index (χ0n) is 6.82. The Labute approximate surface area is 74.8 Å². The molecule has 0 saturated carbocycles. The predicted molar refractivity (Wildman–Crippen MR) is 45.8 cm³/mol. The van der Waals surface area contributed by atoms with Gasteiger partial charge in [0.15, 0.2) is 11.5 Å². The maximum absolute atomic E-state index is 10.8. The van der Waals surface area contributed by atoms with Crippen molar-refractivity contribution in [2.24, 2.45) is 5.84 Å². The summed E-state index contributed by atoms with van der Waals surface area (Å²) in [6.45, 7) is 0. The molecule has 0 atom stereocenters. The Morgan fingerprint density at radius 1 is 1.38 bits per heavy atom. The second-order valence-corrected chi connectivity index (χ2v) is 2.57. The van der Waals surface area contributed by atoms with Crippen molar-refractivity contribution in [3.63, 3.8) is 0 Å². The molecule has 5 heteroatoms. The van der Waals surface area contributed by atoms with E-state index in [1.165, 1.54) is 18.2 Å². The number of amides is 1. The number of nitrogens with one attached hydrogen (secondary N) is 1. The summed E-state index contributed by atoms with van der Waals surface area (Å²) in [6, 6.07) is 4.16. The van der Waals surface area contributed by atoms with Crippen LogP contribution in [0.4, 0.5) is 0 Å². The van der Waals surface area contributed by atoms with Crippen molar-refractivity contribution in [1.29, 1.82) is 0 Å². The number of carbonyl (C=O) groups is 1. The van der Waals surface area contributed by atoms with E-state index in [0.717, 1.165) is 0 Å². The number of phenolic OH excluding ortho intramolecular Hbond substituents is 2. The molecule has 0 aromatic heterocycles. The normalized spacial score (nSPS) is 9.62. The first-order valence-electron chi connectivity index (χ1n) is 3.64. The number of aromatic hydroxyl groups is 2. The number of hydrogen-bond donors (Lipinski definition) is 4. The minimum absolute atomic E-state index is 0.0737. The first-order valence-corrected chi connectivity index (χ1v) is 3.64. The molecule has 0 spiro atoms. The topological polar surface area (TPSA) is 95.6 Å². The van der Waals surface area contributed by atoms with Gasteiger partial charge in [0, 0.05) is 0 Å². The van der Waals surface area contributed by atoms with Gasteiger partial charge in [-0.05, 0) is 17.7 Å². The van der Waals surface area contributed by atoms with Crippen LogP contribution < -0.4 is 11.3 Å². The van der Waals surface area contributed by atoms with Gasteiger partial charge in [0.2, 0.25) is 5.91 Å². The third-order valence-electron chi connectivity index (χ3n) is 1.57. The number of hydrazine groups is 1. The molecule has 0 aliphatic rings. The highest BCUT2D eigenvalue weighted by Gasteiger charge is 2.04. The zero-order chi connectivity index (χ0) is 9.84. The fourth-order valence-corrected chi connectivity index (χ4v) is 0.915. The lowest BCUT2D eigenvalue weighted by Crippen LogP contribution is -2.31. The second kappa shape index (κ2) is 3.77. The van der Waals surface area contributed by atoms with Crippen LogP contribution in [0.15, 0.2) is 18.2 Å². The van der Waals surface area contributed by atoms with Crippen LogP contribution in [0.5, 0.6) is 11.5 Å². The molecule has 0 bridgehead atoms. The van der Waals surface area contributed by atoms with E-state index in [-0.39, 0.29) is 23.8 Å². The van der Waals surface area contributed by atoms with Gasteiger partial charge in [-0.25, -0.2) is 5.84 Å². The molecule has 1 amide bonds. The Kier molecular flexibility index (Phi) is 2.71. The van der Waals surface area contributed by atoms with Gasteiger partial charge in [0.25, 0.3) is 0 Å². The summed E-state index contributed by atoms with van der Waals surface area (Å²) in [4.78, 5) is 10.8. The Morgan fingerprint density at radius 3 is 2.62 bits per heavy atom. The molecule has 5 N–H and O–H groups in total. The third kappa shape index (κ3) is 2.34. The summed E-state index contributed by atoms with van der Waals surface area (Å²) in [5.41, 5.74) is 2.55. The lowest BCUT2D eigenvalue weighted by atomic mass is 10.1. The van der Waals surface area contributed by atoms with Crippen LogP contribution in [0, 0.1) is 0 Å². The standard InChI is InChI=1S/C8H10N2O3/c9-10-8(13)4-5-1-2-6(11)7(12)3-5/h1-3,11-12H,4,9H2,(H,10,13). The lowest BCUT2D eigenvalue weighted by molar-refractivity contribution is -0.120. The van der Waals surface area contributed by atoms with Gasteiger partial charge < -0.3 is 10.2 Å². The molecular formula is C8H10N2O3. The van der Waals surface area contributed by atoms with E-state index in [4.69, 9.17) is 16.1 Å². The Morgan fingerprint density at radius 2 is 2.08 bits per heavy atom. The van der Waals surface area contributed by atoms with Gasteiger partial charge in [-0.3, -0.25) is 10.2 Å². The number of benzene rings is 1. The molecule has 5 nitrogen and oxygen atoms in total. The summed E-state index contributed by atoms with van der Waals surface area (Å²) in [5.74, 6) is 4.06. The monoisotopic (exact) mass is 182 g/mol. The van der Waals surface area contributed by atoms with Crippen molar-refractivity contribution in [2.75, 3.05) is 0 Å². The minimum Gasteiger partial charge on any atom is -0.504 e. The maximum atomic E-state index is 10.8. The van der Waals surface area contributed by atoms with Crippen LogP contribution in [-0.2, 0) is 11.2 Å². The van der Waals surface area contributed by atoms with Crippen molar-refractivity contribution < 1.29 is 15.0 Å². The van der Waals surface area contributed by atoms with Gasteiger partial charge in [-0.2, -0.15) is 0 Å². The first kappa shape index (κ1) is 9.34. The number of nitrogens with two attached hydrogens (primary N) is 1. The summed E-state index contributed by atoms with van der Waals surface area (Å²) >= 11 is 0. The van der Waals surface area contributed by atoms with E-state index in [1.807, 2.05) is 5.43 Å². The number of rotatable bonds is 2. The molecule has 0 radical (unpaired) electrons. The van der Waals surface area contributed by atoms with Gasteiger partial charge in [0.05, 0.1) is 6.42 Å². The molecule has 1 aromatic carbocycles. The minimum atomic E-state index is -0.356. The van der Waals surface area contributed by atoms with E-state index in [2.05, 4.69) is 0 Å². The third-order valence-corrected chi connectivity index (χ3v) is 1.57. The number of hydrogen-bond acceptors (Lipinski definition) is 4. The van der Waals surface area contributed by atoms with E-state index in [1.54, 1.807) is 0 Å². The van der Waals surface area contributed by atoms with Crippen LogP contribution >= 0.6 is 0 Å². The Hall–Kier alpha value is -1.75. The molecule has 1 rings (SSSR count). The van der Waals surface area contributed by atoms with Gasteiger partial charge >= 0.3 is 0 Å². The molecular weight excluding hydrogens is 172 g/mol. The fraction of sp³-hybridized carbons (Fsp3) is 0.125. The molecule has 13 heavy (non-hydrogen) atoms. The molecule has 0 saturated heterocycles. The summed E-state index contributed by atoms with van der Waals surface area (Å²) in [5, 5.41) is 18.0. The van der Waals surface area contributed by atoms with Crippen molar-refractivity contribution in [2.45, 2.75) is 6.42 Å². The average molecular weight is 182 g/mol. The Balaban J connectivity index is 2.79. The van der Waals surface area contributed by atoms with Crippen molar-refractivity contribution >= 4 is 5.91 Å². The lowest BCUT2D eigenvalue weighted by Gasteiger charge is -2.02. The van der Waals surface area contributed by atoms with Gasteiger partial charge in [-0.1, -0.05) is 6.07 Å². The van der Waals surface area contributed by atoms with Crippen molar-refractivity contribution in [3.05, 3.63) is 23.8 Å². The van der Waals surface area contributed by atoms with E-state index in [9.17, 15) is 4.79 Å². The second-order valence-electron chi connectivity index (χ2n) is 2.57. The molecule has 0 aliphatic carbocycles. The summed E-state index contributed by atoms with van der Waals surface area (Å²) in [6.07, 6.45) is 0.0737. The number of carbonyl (C=O) groups excluding carboxylic acids is 1. The zero-order valence-corrected chi connectivity index (χ0v) is 6.82. The summed E-state index contributed by atoms with van der Waals surface area (Å²) in [7, 11) is 0. The van der Waals surface area contributed by atoms with Crippen LogP contribution in [0.1, 0.15) is 5.56 Å². The van der Waals surface area contributed by atoms with Crippen LogP contribution in [0.2, 0.25) is 0 Å². The Bertz CT molecular complexity index is 325. The SMILES string of the molecule is NNC(=O)Cc1ccc(O)c(O)c1. The average Bonchev–Trinajstić information content (AvgIpc) is 2.11. The summed E-state index contributed by atoms with van der Waals surface area (Å²) < 4.78 is 0. The van der Waals surface area contributed by atoms with Crippen molar-refractivity contribution in [1.82, 2.24) is 5.43 Å². The molecule has 0 unspecified atom stereocenters. The van der Waals surface area contributed by atoms with Gasteiger partial charge in [0.1, 0.15) is 0 Å². The van der Waals surface area contributed by atoms with E-state index >= 15 is 0 Å². The van der Waals surface area contributed by atoms with E-state index < -0.39 is 0 Å². The fourth-order valence-electron chi connectivity index (χ4n) is 0.915. The van der Waals surface area contributed by atoms with Crippen LogP contribution in [0.3, 0.4) is 0 Å². The highest BCUT2D eigenvalue weighted by Crippen LogP contribution is 2.24. The molecule has 0 fully saturated rings. The quantitative estimate of drug-likeness (QED) is 0.217. The molecule has 0 heterocycles. The largest absolute Gasteiger partial charge is 0.504 e. The smallest absolute Gasteiger partial charge is 0.238 e. The van der Waals surface area contributed by atoms with E-state index in [0.29, 0.717) is 5.56 Å². The predicted octanol–water partition coefficient (Wildman–Crippen LogP) is -0.370. The highest BCUT2D eigenvalue weighted by atomic mass is 16.3. The first-order chi connectivity index (χ1) is 6.13. The maximum Gasteiger partial charge on any atom is 0.238 e. The molecule has 70 valence electrons. The van der Waals surface area contributed by atoms with Crippen LogP contribution in [-0.4, -0.2) is 16.1 Å². The highest BCUT2D eigenvalue weighted by molar-refractivity contribution is 5.78. The molecule has 0 aliphatic heterocycles. The number of phenols is 2.